The molecule has 0 fully saturated rings. The molecule has 0 radical (unpaired) electrons. The molecule has 590 valence electrons. The molecule has 0 aromatic rings. The third-order valence-corrected chi connectivity index (χ3v) is 23.8. The fraction of sp³-hybridized carbons (Fsp3) is 0.963. The number of amides is 3. The molecule has 0 heterocycles. The Labute approximate surface area is 611 Å². The Kier molecular flexibility index (Phi) is 66.8. The second-order valence-corrected chi connectivity index (χ2v) is 33.8. The van der Waals surface area contributed by atoms with Gasteiger partial charge in [-0.2, -0.15) is 0 Å². The number of hydrogen-bond donors (Lipinski definition) is 9. The zero-order chi connectivity index (χ0) is 73.0. The third kappa shape index (κ3) is 54.5. The first-order chi connectivity index (χ1) is 48.2. The molecular formula is C82H167N4O12Si+. The Balaban J connectivity index is 6.76. The first-order valence-electron chi connectivity index (χ1n) is 42.5. The quantitative estimate of drug-likeness (QED) is 0.0157. The maximum Gasteiger partial charge on any atom is 0.501 e. The normalized spacial score (nSPS) is 12.5. The summed E-state index contributed by atoms with van der Waals surface area (Å²) in [6, 6.07) is 0.130. The van der Waals surface area contributed by atoms with Gasteiger partial charge in [0, 0.05) is 31.7 Å². The molecule has 17 heteroatoms. The van der Waals surface area contributed by atoms with E-state index in [0.717, 1.165) is 127 Å². The molecule has 0 aliphatic carbocycles. The number of nitrogens with zero attached hydrogens (tertiary/aromatic N) is 1. The van der Waals surface area contributed by atoms with Crippen molar-refractivity contribution in [1.29, 1.82) is 0 Å². The Morgan fingerprint density at radius 3 is 0.636 bits per heavy atom. The molecule has 0 saturated carbocycles. The summed E-state index contributed by atoms with van der Waals surface area (Å²) < 4.78 is 21.6. The zero-order valence-electron chi connectivity index (χ0n) is 66.1. The van der Waals surface area contributed by atoms with Crippen LogP contribution in [-0.2, 0) is 27.7 Å². The van der Waals surface area contributed by atoms with Crippen molar-refractivity contribution in [2.45, 2.75) is 423 Å². The summed E-state index contributed by atoms with van der Waals surface area (Å²) in [6.07, 6.45) is 63.8. The van der Waals surface area contributed by atoms with E-state index >= 15 is 0 Å². The van der Waals surface area contributed by atoms with E-state index in [9.17, 15) is 45.0 Å². The van der Waals surface area contributed by atoms with Crippen LogP contribution >= 0.6 is 0 Å². The number of aliphatic hydroxyl groups is 6. The Bertz CT molecular complexity index is 1600. The predicted molar refractivity (Wildman–Crippen MR) is 416 cm³/mol. The molecule has 16 nitrogen and oxygen atoms in total. The fourth-order valence-electron chi connectivity index (χ4n) is 13.8. The van der Waals surface area contributed by atoms with Gasteiger partial charge in [-0.3, -0.25) is 14.4 Å². The number of hydrogen-bond acceptors (Lipinski definition) is 12. The highest BCUT2D eigenvalue weighted by molar-refractivity contribution is 6.60. The summed E-state index contributed by atoms with van der Waals surface area (Å²) >= 11 is 0. The van der Waals surface area contributed by atoms with Gasteiger partial charge in [0.1, 0.15) is 16.6 Å². The van der Waals surface area contributed by atoms with E-state index in [1.54, 1.807) is 0 Å². The number of quaternary nitrogens is 1. The van der Waals surface area contributed by atoms with Crippen LogP contribution in [0.4, 0.5) is 0 Å². The number of carbonyl (C=O) groups is 3. The van der Waals surface area contributed by atoms with Crippen LogP contribution in [0.25, 0.3) is 0 Å². The van der Waals surface area contributed by atoms with Crippen LogP contribution in [0.15, 0.2) is 0 Å². The first-order valence-corrected chi connectivity index (χ1v) is 44.4. The lowest BCUT2D eigenvalue weighted by Gasteiger charge is -2.41. The van der Waals surface area contributed by atoms with E-state index in [-0.39, 0.29) is 43.0 Å². The number of rotatable bonds is 80. The average Bonchev–Trinajstić information content (AvgIpc) is 0.817. The number of unbranched alkanes of at least 4 members (excludes halogenated alkanes) is 48. The minimum Gasteiger partial charge on any atom is -0.394 e. The van der Waals surface area contributed by atoms with E-state index in [0.29, 0.717) is 32.2 Å². The molecule has 0 aromatic carbocycles. The molecular weight excluding hydrogens is 1260 g/mol. The van der Waals surface area contributed by atoms with Crippen LogP contribution in [0.5, 0.6) is 0 Å². The minimum absolute atomic E-state index is 0.130. The molecule has 0 rings (SSSR count). The van der Waals surface area contributed by atoms with Crippen molar-refractivity contribution in [3.05, 3.63) is 0 Å². The predicted octanol–water partition coefficient (Wildman–Crippen LogP) is 18.3. The van der Waals surface area contributed by atoms with Crippen LogP contribution in [-0.4, -0.2) is 164 Å². The Morgan fingerprint density at radius 2 is 0.444 bits per heavy atom. The molecule has 0 unspecified atom stereocenters. The van der Waals surface area contributed by atoms with Crippen molar-refractivity contribution < 1.29 is 62.8 Å². The molecule has 0 aliphatic rings. The standard InChI is InChI=1S/C82H166N4O12Si/c1-7-12-17-22-25-28-31-34-37-40-43-46-49-52-55-61-77(93)83-80(68-87,69-88)74-96-99(67-60-66-86(6,64-58-20-15-10-4)65-59-21-16-11-5,97-75-81(70-89,71-90)84-78(94)62-56-53-50-47-44-41-38-35-32-29-26-23-18-13-8-2)98-76-82(72-91,73-92)85-79(95)63-57-54-51-48-45-42-39-36-33-30-27-24-19-14-9-3/h87-92H,7-76H2,1-6H3,(H2-,83,84,85,93,94,95)/p+1. The highest BCUT2D eigenvalue weighted by atomic mass is 28.4. The Hall–Kier alpha value is -1.77. The topological polar surface area (TPSA) is 236 Å². The van der Waals surface area contributed by atoms with E-state index in [1.165, 1.54) is 212 Å². The lowest BCUT2D eigenvalue weighted by atomic mass is 10.0. The molecule has 0 aromatic heterocycles. The van der Waals surface area contributed by atoms with Gasteiger partial charge in [-0.25, -0.2) is 0 Å². The molecule has 3 amide bonds. The summed E-state index contributed by atoms with van der Waals surface area (Å²) in [5.74, 6) is -1.05. The summed E-state index contributed by atoms with van der Waals surface area (Å²) in [5, 5.41) is 75.8. The van der Waals surface area contributed by atoms with Crippen LogP contribution in [0, 0.1) is 0 Å². The fourth-order valence-corrected chi connectivity index (χ4v) is 16.5. The first kappa shape index (κ1) is 97.2. The smallest absolute Gasteiger partial charge is 0.394 e. The molecule has 0 bridgehead atoms. The largest absolute Gasteiger partial charge is 0.501 e. The van der Waals surface area contributed by atoms with Gasteiger partial charge < -0.3 is 64.4 Å². The van der Waals surface area contributed by atoms with Gasteiger partial charge in [0.15, 0.2) is 0 Å². The van der Waals surface area contributed by atoms with E-state index in [1.807, 2.05) is 0 Å². The number of carbonyl (C=O) groups excluding carboxylic acids is 3. The van der Waals surface area contributed by atoms with Crippen LogP contribution in [0.3, 0.4) is 0 Å². The maximum absolute atomic E-state index is 13.9. The highest BCUT2D eigenvalue weighted by Crippen LogP contribution is 2.28. The second-order valence-electron chi connectivity index (χ2n) is 31.1. The van der Waals surface area contributed by atoms with Gasteiger partial charge in [-0.1, -0.05) is 330 Å². The summed E-state index contributed by atoms with van der Waals surface area (Å²) in [4.78, 5) is 41.6. The van der Waals surface area contributed by atoms with Gasteiger partial charge >= 0.3 is 8.80 Å². The van der Waals surface area contributed by atoms with Crippen molar-refractivity contribution in [3.63, 3.8) is 0 Å². The van der Waals surface area contributed by atoms with Gasteiger partial charge in [-0.05, 0) is 44.9 Å². The third-order valence-electron chi connectivity index (χ3n) is 21.0. The average molecular weight is 1430 g/mol. The molecule has 0 aliphatic heterocycles. The highest BCUT2D eigenvalue weighted by Gasteiger charge is 2.49. The summed E-state index contributed by atoms with van der Waals surface area (Å²) in [6.45, 7) is 8.26. The molecule has 99 heavy (non-hydrogen) atoms. The maximum atomic E-state index is 13.9. The van der Waals surface area contributed by atoms with Gasteiger partial charge in [0.2, 0.25) is 17.7 Å². The summed E-state index contributed by atoms with van der Waals surface area (Å²) in [5.41, 5.74) is -5.08. The van der Waals surface area contributed by atoms with Crippen molar-refractivity contribution in [3.8, 4) is 0 Å². The van der Waals surface area contributed by atoms with Gasteiger partial charge in [0.25, 0.3) is 0 Å². The Morgan fingerprint density at radius 1 is 0.273 bits per heavy atom. The van der Waals surface area contributed by atoms with Crippen molar-refractivity contribution in [2.24, 2.45) is 0 Å². The van der Waals surface area contributed by atoms with Crippen LogP contribution in [0.2, 0.25) is 6.04 Å². The lowest BCUT2D eigenvalue weighted by Crippen LogP contribution is -2.65. The van der Waals surface area contributed by atoms with E-state index in [4.69, 9.17) is 13.3 Å². The van der Waals surface area contributed by atoms with E-state index in [2.05, 4.69) is 57.6 Å². The summed E-state index contributed by atoms with van der Waals surface area (Å²) in [7, 11) is -2.10. The SMILES string of the molecule is CCCCCCCCCCCCCCCCCC(=O)NC(CO)(CO)CO[Si](CCC[N+](C)(CCCCCC)CCCCCC)(OCC(CO)(CO)NC(=O)CCCCCCCCCCCCCCCCC)OCC(CO)(CO)NC(=O)CCCCCCCCCCCCCCCCC. The van der Waals surface area contributed by atoms with Crippen molar-refractivity contribution in [2.75, 3.05) is 86.1 Å². The second kappa shape index (κ2) is 68.1. The minimum atomic E-state index is -4.38. The van der Waals surface area contributed by atoms with Gasteiger partial charge in [0.05, 0.1) is 86.1 Å². The molecule has 9 N–H and O–H groups in total. The monoisotopic (exact) mass is 1430 g/mol. The van der Waals surface area contributed by atoms with Crippen LogP contribution < -0.4 is 16.0 Å². The lowest BCUT2D eigenvalue weighted by molar-refractivity contribution is -0.910. The number of aliphatic hydroxyl groups excluding tert-OH is 6. The number of nitrogens with one attached hydrogen (secondary N) is 3. The van der Waals surface area contributed by atoms with Crippen LogP contribution in [0.1, 0.15) is 401 Å². The van der Waals surface area contributed by atoms with Crippen molar-refractivity contribution >= 4 is 26.5 Å². The van der Waals surface area contributed by atoms with E-state index < -0.39 is 84.9 Å². The molecule has 0 spiro atoms. The molecule has 0 saturated heterocycles. The van der Waals surface area contributed by atoms with Gasteiger partial charge in [-0.15, -0.1) is 0 Å². The van der Waals surface area contributed by atoms with Crippen molar-refractivity contribution in [1.82, 2.24) is 16.0 Å². The molecule has 0 atom stereocenters. The zero-order valence-corrected chi connectivity index (χ0v) is 67.1.